The summed E-state index contributed by atoms with van der Waals surface area (Å²) in [5.74, 6) is 0.494. The predicted molar refractivity (Wildman–Crippen MR) is 77.4 cm³/mol. The number of nitrogens with one attached hydrogen (secondary N) is 1. The molecule has 0 fully saturated rings. The molecule has 7 heteroatoms. The fraction of sp³-hybridized carbons (Fsp3) is 0.923. The van der Waals surface area contributed by atoms with Gasteiger partial charge in [0.25, 0.3) is 0 Å². The maximum Gasteiger partial charge on any atom is 0.407 e. The standard InChI is InChI=1S/C13H26ClNO5/c1-13(2,3)20-12(16)15-5-7-18-9-11-19-10-8-17-6-4-14/h4-11H2,1-3H3,(H,15,16). The number of alkyl carbamates (subject to hydrolysis) is 1. The number of carbonyl (C=O) groups is 1. The summed E-state index contributed by atoms with van der Waals surface area (Å²) in [7, 11) is 0. The quantitative estimate of drug-likeness (QED) is 0.465. The summed E-state index contributed by atoms with van der Waals surface area (Å²) in [6.45, 7) is 8.86. The second kappa shape index (κ2) is 12.2. The van der Waals surface area contributed by atoms with Crippen LogP contribution in [0.5, 0.6) is 0 Å². The number of ether oxygens (including phenoxy) is 4. The van der Waals surface area contributed by atoms with E-state index in [0.29, 0.717) is 52.1 Å². The first-order valence-electron chi connectivity index (χ1n) is 6.72. The van der Waals surface area contributed by atoms with Crippen molar-refractivity contribution >= 4 is 17.7 Å². The average Bonchev–Trinajstić information content (AvgIpc) is 2.34. The molecule has 0 rings (SSSR count). The summed E-state index contributed by atoms with van der Waals surface area (Å²) >= 11 is 5.45. The van der Waals surface area contributed by atoms with Gasteiger partial charge in [0, 0.05) is 12.4 Å². The third kappa shape index (κ3) is 15.5. The molecule has 0 radical (unpaired) electrons. The highest BCUT2D eigenvalue weighted by Gasteiger charge is 2.15. The van der Waals surface area contributed by atoms with E-state index in [1.165, 1.54) is 0 Å². The minimum Gasteiger partial charge on any atom is -0.444 e. The maximum atomic E-state index is 11.3. The van der Waals surface area contributed by atoms with Gasteiger partial charge in [-0.05, 0) is 20.8 Å². The molecule has 20 heavy (non-hydrogen) atoms. The Balaban J connectivity index is 3.19. The molecule has 0 aromatic carbocycles. The van der Waals surface area contributed by atoms with Crippen LogP contribution < -0.4 is 5.32 Å². The molecule has 0 bridgehead atoms. The monoisotopic (exact) mass is 311 g/mol. The number of carbonyl (C=O) groups excluding carboxylic acids is 1. The van der Waals surface area contributed by atoms with Crippen molar-refractivity contribution in [2.75, 3.05) is 52.1 Å². The van der Waals surface area contributed by atoms with Crippen LogP contribution in [0.1, 0.15) is 20.8 Å². The van der Waals surface area contributed by atoms with E-state index in [4.69, 9.17) is 30.5 Å². The number of amides is 1. The molecule has 0 aromatic heterocycles. The highest BCUT2D eigenvalue weighted by Crippen LogP contribution is 2.05. The van der Waals surface area contributed by atoms with Gasteiger partial charge in [-0.15, -0.1) is 11.6 Å². The Morgan fingerprint density at radius 1 is 0.950 bits per heavy atom. The molecule has 1 amide bonds. The lowest BCUT2D eigenvalue weighted by Gasteiger charge is -2.19. The zero-order valence-electron chi connectivity index (χ0n) is 12.6. The number of hydrogen-bond acceptors (Lipinski definition) is 5. The fourth-order valence-corrected chi connectivity index (χ4v) is 1.24. The second-order valence-electron chi connectivity index (χ2n) is 4.95. The van der Waals surface area contributed by atoms with Crippen molar-refractivity contribution in [3.63, 3.8) is 0 Å². The van der Waals surface area contributed by atoms with E-state index in [9.17, 15) is 4.79 Å². The molecule has 0 aliphatic heterocycles. The molecule has 0 aromatic rings. The number of rotatable bonds is 11. The minimum absolute atomic E-state index is 0.410. The molecule has 6 nitrogen and oxygen atoms in total. The van der Waals surface area contributed by atoms with Gasteiger partial charge in [-0.2, -0.15) is 0 Å². The first-order valence-corrected chi connectivity index (χ1v) is 7.25. The van der Waals surface area contributed by atoms with Crippen molar-refractivity contribution in [3.05, 3.63) is 0 Å². The van der Waals surface area contributed by atoms with Gasteiger partial charge in [0.2, 0.25) is 0 Å². The van der Waals surface area contributed by atoms with Crippen LogP contribution in [0.4, 0.5) is 4.79 Å². The van der Waals surface area contributed by atoms with Gasteiger partial charge in [0.1, 0.15) is 5.60 Å². The third-order valence-electron chi connectivity index (χ3n) is 1.88. The van der Waals surface area contributed by atoms with Crippen molar-refractivity contribution in [2.24, 2.45) is 0 Å². The van der Waals surface area contributed by atoms with E-state index in [2.05, 4.69) is 5.32 Å². The van der Waals surface area contributed by atoms with Crippen LogP contribution in [0.3, 0.4) is 0 Å². The fourth-order valence-electron chi connectivity index (χ4n) is 1.14. The molecular weight excluding hydrogens is 286 g/mol. The van der Waals surface area contributed by atoms with Crippen molar-refractivity contribution in [1.82, 2.24) is 5.32 Å². The van der Waals surface area contributed by atoms with Crippen LogP contribution in [0.15, 0.2) is 0 Å². The van der Waals surface area contributed by atoms with Crippen LogP contribution in [-0.4, -0.2) is 63.8 Å². The molecule has 0 saturated heterocycles. The van der Waals surface area contributed by atoms with Crippen molar-refractivity contribution in [2.45, 2.75) is 26.4 Å². The minimum atomic E-state index is -0.482. The number of hydrogen-bond donors (Lipinski definition) is 1. The summed E-state index contributed by atoms with van der Waals surface area (Å²) in [4.78, 5) is 11.3. The zero-order chi connectivity index (χ0) is 15.3. The van der Waals surface area contributed by atoms with Crippen LogP contribution in [0, 0.1) is 0 Å². The van der Waals surface area contributed by atoms with Gasteiger partial charge in [-0.1, -0.05) is 0 Å². The van der Waals surface area contributed by atoms with Gasteiger partial charge in [0.05, 0.1) is 39.6 Å². The number of halogens is 1. The smallest absolute Gasteiger partial charge is 0.407 e. The maximum absolute atomic E-state index is 11.3. The summed E-state index contributed by atoms with van der Waals surface area (Å²) in [6.07, 6.45) is -0.436. The molecule has 0 aliphatic rings. The SMILES string of the molecule is CC(C)(C)OC(=O)NCCOCCOCCOCCCl. The van der Waals surface area contributed by atoms with Gasteiger partial charge in [0.15, 0.2) is 0 Å². The molecule has 1 N–H and O–H groups in total. The van der Waals surface area contributed by atoms with E-state index >= 15 is 0 Å². The topological polar surface area (TPSA) is 66.0 Å². The summed E-state index contributed by atoms with van der Waals surface area (Å²) < 4.78 is 20.8. The van der Waals surface area contributed by atoms with Crippen molar-refractivity contribution < 1.29 is 23.7 Å². The first-order chi connectivity index (χ1) is 9.45. The Morgan fingerprint density at radius 2 is 1.45 bits per heavy atom. The normalized spacial score (nSPS) is 11.4. The Labute approximate surface area is 126 Å². The molecule has 120 valence electrons. The highest BCUT2D eigenvalue weighted by atomic mass is 35.5. The van der Waals surface area contributed by atoms with E-state index < -0.39 is 11.7 Å². The van der Waals surface area contributed by atoms with Crippen molar-refractivity contribution in [3.8, 4) is 0 Å². The second-order valence-corrected chi connectivity index (χ2v) is 5.33. The lowest BCUT2D eigenvalue weighted by molar-refractivity contribution is 0.0165. The van der Waals surface area contributed by atoms with E-state index in [0.717, 1.165) is 0 Å². The lowest BCUT2D eigenvalue weighted by atomic mass is 10.2. The van der Waals surface area contributed by atoms with Crippen LogP contribution in [-0.2, 0) is 18.9 Å². The van der Waals surface area contributed by atoms with Crippen LogP contribution in [0.2, 0.25) is 0 Å². The van der Waals surface area contributed by atoms with E-state index in [1.807, 2.05) is 20.8 Å². The summed E-state index contributed by atoms with van der Waals surface area (Å²) in [6, 6.07) is 0. The van der Waals surface area contributed by atoms with E-state index in [-0.39, 0.29) is 0 Å². The Kier molecular flexibility index (Phi) is 11.9. The molecule has 0 aliphatic carbocycles. The number of alkyl halides is 1. The first kappa shape index (κ1) is 19.4. The highest BCUT2D eigenvalue weighted by molar-refractivity contribution is 6.17. The summed E-state index contributed by atoms with van der Waals surface area (Å²) in [5.41, 5.74) is -0.482. The molecule has 0 spiro atoms. The van der Waals surface area contributed by atoms with Gasteiger partial charge in [-0.3, -0.25) is 0 Å². The van der Waals surface area contributed by atoms with Crippen molar-refractivity contribution in [1.29, 1.82) is 0 Å². The summed E-state index contributed by atoms with van der Waals surface area (Å²) in [5, 5.41) is 2.60. The van der Waals surface area contributed by atoms with Gasteiger partial charge >= 0.3 is 6.09 Å². The average molecular weight is 312 g/mol. The van der Waals surface area contributed by atoms with E-state index in [1.54, 1.807) is 0 Å². The predicted octanol–water partition coefficient (Wildman–Crippen LogP) is 1.80. The third-order valence-corrected chi connectivity index (χ3v) is 2.03. The van der Waals surface area contributed by atoms with Gasteiger partial charge in [-0.25, -0.2) is 4.79 Å². The zero-order valence-corrected chi connectivity index (χ0v) is 13.3. The molecular formula is C13H26ClNO5. The molecule has 0 saturated carbocycles. The Bertz CT molecular complexity index is 245. The van der Waals surface area contributed by atoms with Gasteiger partial charge < -0.3 is 24.3 Å². The Hall–Kier alpha value is -0.560. The lowest BCUT2D eigenvalue weighted by Crippen LogP contribution is -2.34. The molecule has 0 heterocycles. The molecule has 0 unspecified atom stereocenters. The largest absolute Gasteiger partial charge is 0.444 e. The van der Waals surface area contributed by atoms with Crippen LogP contribution in [0.25, 0.3) is 0 Å². The van der Waals surface area contributed by atoms with Crippen LogP contribution >= 0.6 is 11.6 Å². The Morgan fingerprint density at radius 3 is 1.95 bits per heavy atom. The molecule has 0 atom stereocenters.